The monoisotopic (exact) mass is 438 g/mol. The van der Waals surface area contributed by atoms with E-state index in [0.717, 1.165) is 22.3 Å². The van der Waals surface area contributed by atoms with Gasteiger partial charge in [0, 0.05) is 19.8 Å². The van der Waals surface area contributed by atoms with E-state index >= 15 is 0 Å². The fourth-order valence-corrected chi connectivity index (χ4v) is 2.88. The molecule has 0 aromatic heterocycles. The Bertz CT molecular complexity index is 677. The molecule has 4 heteroatoms. The van der Waals surface area contributed by atoms with Gasteiger partial charge in [-0.05, 0) is 58.8 Å². The normalized spacial score (nSPS) is 17.3. The van der Waals surface area contributed by atoms with Crippen LogP contribution in [-0.2, 0) is 6.42 Å². The summed E-state index contributed by atoms with van der Waals surface area (Å²) < 4.78 is 2.30. The Morgan fingerprint density at radius 1 is 1.10 bits per heavy atom. The summed E-state index contributed by atoms with van der Waals surface area (Å²) in [6.45, 7) is 0. The lowest BCUT2D eigenvalue weighted by Gasteiger charge is -2.04. The number of halogens is 2. The quantitative estimate of drug-likeness (QED) is 0.630. The fourth-order valence-electron chi connectivity index (χ4n) is 2.12. The molecule has 0 spiro atoms. The van der Waals surface area contributed by atoms with E-state index in [4.69, 9.17) is 0 Å². The Morgan fingerprint density at radius 2 is 1.90 bits per heavy atom. The second-order valence-corrected chi connectivity index (χ2v) is 6.80. The van der Waals surface area contributed by atoms with Crippen molar-refractivity contribution in [2.45, 2.75) is 12.5 Å². The lowest BCUT2D eigenvalue weighted by atomic mass is 10.1. The van der Waals surface area contributed by atoms with Gasteiger partial charge in [-0.2, -0.15) is 0 Å². The number of aliphatic imine (C=N–C) groups is 2. The summed E-state index contributed by atoms with van der Waals surface area (Å²) in [7, 11) is 0. The first-order chi connectivity index (χ1) is 9.70. The van der Waals surface area contributed by atoms with Gasteiger partial charge in [-0.25, -0.2) is 4.99 Å². The maximum absolute atomic E-state index is 4.69. The topological polar surface area (TPSA) is 24.7 Å². The highest BCUT2D eigenvalue weighted by Gasteiger charge is 2.14. The van der Waals surface area contributed by atoms with Gasteiger partial charge in [0.05, 0.1) is 6.04 Å². The van der Waals surface area contributed by atoms with Crippen molar-refractivity contribution in [2.75, 3.05) is 0 Å². The van der Waals surface area contributed by atoms with E-state index in [1.165, 1.54) is 9.13 Å². The summed E-state index contributed by atoms with van der Waals surface area (Å²) in [6.07, 6.45) is 2.84. The molecule has 0 saturated heterocycles. The number of rotatable bonds is 3. The summed E-state index contributed by atoms with van der Waals surface area (Å²) in [6, 6.07) is 16.8. The molecule has 0 radical (unpaired) electrons. The van der Waals surface area contributed by atoms with Crippen LogP contribution in [0.4, 0.5) is 0 Å². The SMILES string of the molecule is Brc1cccc(C2=NC(Cc3ccc(I)cc3)C=N2)c1. The van der Waals surface area contributed by atoms with E-state index in [-0.39, 0.29) is 6.04 Å². The van der Waals surface area contributed by atoms with E-state index < -0.39 is 0 Å². The standard InChI is InChI=1S/C16H12BrIN2/c17-13-3-1-2-12(9-13)16-19-10-15(20-16)8-11-4-6-14(18)7-5-11/h1-7,9-10,15H,8H2. The van der Waals surface area contributed by atoms with Crippen LogP contribution < -0.4 is 0 Å². The van der Waals surface area contributed by atoms with Gasteiger partial charge in [-0.1, -0.05) is 40.2 Å². The third kappa shape index (κ3) is 3.35. The van der Waals surface area contributed by atoms with E-state index in [2.05, 4.69) is 72.8 Å². The third-order valence-electron chi connectivity index (χ3n) is 3.10. The Kier molecular flexibility index (Phi) is 4.31. The highest BCUT2D eigenvalue weighted by Crippen LogP contribution is 2.17. The maximum atomic E-state index is 4.69. The number of nitrogens with zero attached hydrogens (tertiary/aromatic N) is 2. The molecule has 0 saturated carbocycles. The van der Waals surface area contributed by atoms with Crippen LogP contribution in [0.1, 0.15) is 11.1 Å². The smallest absolute Gasteiger partial charge is 0.154 e. The first-order valence-electron chi connectivity index (χ1n) is 6.33. The molecule has 2 aromatic carbocycles. The molecule has 100 valence electrons. The summed E-state index contributed by atoms with van der Waals surface area (Å²) >= 11 is 5.79. The van der Waals surface area contributed by atoms with E-state index in [1.54, 1.807) is 0 Å². The zero-order chi connectivity index (χ0) is 13.9. The van der Waals surface area contributed by atoms with Gasteiger partial charge < -0.3 is 0 Å². The minimum absolute atomic E-state index is 0.143. The molecule has 2 aromatic rings. The van der Waals surface area contributed by atoms with Crippen molar-refractivity contribution in [3.05, 3.63) is 67.7 Å². The molecule has 3 rings (SSSR count). The van der Waals surface area contributed by atoms with Gasteiger partial charge in [-0.3, -0.25) is 4.99 Å². The average Bonchev–Trinajstić information content (AvgIpc) is 2.90. The maximum Gasteiger partial charge on any atom is 0.154 e. The van der Waals surface area contributed by atoms with Crippen molar-refractivity contribution in [2.24, 2.45) is 9.98 Å². The molecule has 20 heavy (non-hydrogen) atoms. The third-order valence-corrected chi connectivity index (χ3v) is 4.31. The van der Waals surface area contributed by atoms with Crippen LogP contribution in [0.15, 0.2) is 63.0 Å². The number of benzene rings is 2. The van der Waals surface area contributed by atoms with E-state index in [9.17, 15) is 0 Å². The second-order valence-electron chi connectivity index (χ2n) is 4.64. The van der Waals surface area contributed by atoms with Crippen LogP contribution in [0.2, 0.25) is 0 Å². The van der Waals surface area contributed by atoms with Gasteiger partial charge in [-0.15, -0.1) is 0 Å². The van der Waals surface area contributed by atoms with Crippen molar-refractivity contribution in [1.29, 1.82) is 0 Å². The Morgan fingerprint density at radius 3 is 2.65 bits per heavy atom. The van der Waals surface area contributed by atoms with Gasteiger partial charge in [0.2, 0.25) is 0 Å². The Labute approximate surface area is 140 Å². The molecule has 1 aliphatic rings. The Hall–Kier alpha value is -1.01. The van der Waals surface area contributed by atoms with Gasteiger partial charge >= 0.3 is 0 Å². The lowest BCUT2D eigenvalue weighted by Crippen LogP contribution is -2.07. The summed E-state index contributed by atoms with van der Waals surface area (Å²) in [4.78, 5) is 9.13. The van der Waals surface area contributed by atoms with E-state index in [0.29, 0.717) is 0 Å². The molecule has 1 heterocycles. The second kappa shape index (κ2) is 6.18. The zero-order valence-electron chi connectivity index (χ0n) is 10.6. The summed E-state index contributed by atoms with van der Waals surface area (Å²) in [5.41, 5.74) is 2.35. The van der Waals surface area contributed by atoms with Crippen molar-refractivity contribution in [3.63, 3.8) is 0 Å². The van der Waals surface area contributed by atoms with Crippen LogP contribution >= 0.6 is 38.5 Å². The molecule has 1 aliphatic heterocycles. The predicted octanol–water partition coefficient (Wildman–Crippen LogP) is 4.50. The van der Waals surface area contributed by atoms with Crippen LogP contribution in [0.3, 0.4) is 0 Å². The first-order valence-corrected chi connectivity index (χ1v) is 8.20. The Balaban J connectivity index is 1.75. The van der Waals surface area contributed by atoms with Crippen molar-refractivity contribution in [1.82, 2.24) is 0 Å². The zero-order valence-corrected chi connectivity index (χ0v) is 14.4. The molecular formula is C16H12BrIN2. The molecule has 0 fully saturated rings. The summed E-state index contributed by atoms with van der Waals surface area (Å²) in [5, 5.41) is 0. The van der Waals surface area contributed by atoms with Crippen molar-refractivity contribution < 1.29 is 0 Å². The molecule has 1 unspecified atom stereocenters. The van der Waals surface area contributed by atoms with Crippen LogP contribution in [0, 0.1) is 3.57 Å². The molecule has 0 aliphatic carbocycles. The average molecular weight is 439 g/mol. The van der Waals surface area contributed by atoms with Crippen molar-refractivity contribution >= 4 is 50.6 Å². The number of hydrogen-bond acceptors (Lipinski definition) is 2. The van der Waals surface area contributed by atoms with E-state index in [1.807, 2.05) is 30.5 Å². The highest BCUT2D eigenvalue weighted by atomic mass is 127. The predicted molar refractivity (Wildman–Crippen MR) is 95.8 cm³/mol. The fraction of sp³-hybridized carbons (Fsp3) is 0.125. The van der Waals surface area contributed by atoms with Gasteiger partial charge in [0.25, 0.3) is 0 Å². The lowest BCUT2D eigenvalue weighted by molar-refractivity contribution is 0.879. The first kappa shape index (κ1) is 13.9. The molecule has 0 bridgehead atoms. The largest absolute Gasteiger partial charge is 0.257 e. The van der Waals surface area contributed by atoms with Gasteiger partial charge in [0.15, 0.2) is 5.84 Å². The number of amidine groups is 1. The van der Waals surface area contributed by atoms with Gasteiger partial charge in [0.1, 0.15) is 0 Å². The molecule has 1 atom stereocenters. The summed E-state index contributed by atoms with van der Waals surface area (Å²) in [5.74, 6) is 0.821. The number of hydrogen-bond donors (Lipinski definition) is 0. The van der Waals surface area contributed by atoms with Crippen molar-refractivity contribution in [3.8, 4) is 0 Å². The van der Waals surface area contributed by atoms with Crippen LogP contribution in [0.25, 0.3) is 0 Å². The molecular weight excluding hydrogens is 427 g/mol. The molecule has 0 amide bonds. The molecule has 0 N–H and O–H groups in total. The minimum Gasteiger partial charge on any atom is -0.257 e. The van der Waals surface area contributed by atoms with Crippen LogP contribution in [0.5, 0.6) is 0 Å². The van der Waals surface area contributed by atoms with Crippen LogP contribution in [-0.4, -0.2) is 18.1 Å². The highest BCUT2D eigenvalue weighted by molar-refractivity contribution is 14.1. The minimum atomic E-state index is 0.143. The molecule has 2 nitrogen and oxygen atoms in total.